The van der Waals surface area contributed by atoms with Crippen molar-refractivity contribution in [2.75, 3.05) is 33.7 Å². The van der Waals surface area contributed by atoms with Crippen molar-refractivity contribution in [3.05, 3.63) is 34.1 Å². The Balaban J connectivity index is 2.07. The molecule has 2 atom stereocenters. The largest absolute Gasteiger partial charge is 0.388 e. The van der Waals surface area contributed by atoms with Crippen molar-refractivity contribution in [1.29, 1.82) is 0 Å². The third-order valence-corrected chi connectivity index (χ3v) is 4.29. The van der Waals surface area contributed by atoms with E-state index in [1.165, 1.54) is 6.07 Å². The van der Waals surface area contributed by atoms with Gasteiger partial charge in [0.1, 0.15) is 5.82 Å². The van der Waals surface area contributed by atoms with Gasteiger partial charge in [-0.2, -0.15) is 0 Å². The molecule has 1 N–H and O–H groups in total. The third kappa shape index (κ3) is 3.75. The highest BCUT2D eigenvalue weighted by molar-refractivity contribution is 9.10. The Labute approximate surface area is 122 Å². The summed E-state index contributed by atoms with van der Waals surface area (Å²) in [7, 11) is 4.13. The van der Waals surface area contributed by atoms with E-state index in [2.05, 4.69) is 39.8 Å². The lowest BCUT2D eigenvalue weighted by Gasteiger charge is -2.38. The van der Waals surface area contributed by atoms with Crippen LogP contribution in [0.25, 0.3) is 0 Å². The van der Waals surface area contributed by atoms with E-state index in [4.69, 9.17) is 0 Å². The monoisotopic (exact) mass is 330 g/mol. The molecule has 1 aliphatic rings. The molecule has 106 valence electrons. The van der Waals surface area contributed by atoms with Gasteiger partial charge in [-0.15, -0.1) is 0 Å². The van der Waals surface area contributed by atoms with E-state index in [0.29, 0.717) is 12.0 Å². The van der Waals surface area contributed by atoms with E-state index in [1.54, 1.807) is 12.1 Å². The van der Waals surface area contributed by atoms with Gasteiger partial charge in [-0.05, 0) is 38.7 Å². The Morgan fingerprint density at radius 2 is 2.16 bits per heavy atom. The second-order valence-corrected chi connectivity index (χ2v) is 6.23. The summed E-state index contributed by atoms with van der Waals surface area (Å²) in [6, 6.07) is 4.95. The van der Waals surface area contributed by atoms with Crippen molar-refractivity contribution in [2.24, 2.45) is 0 Å². The average molecular weight is 331 g/mol. The number of benzene rings is 1. The van der Waals surface area contributed by atoms with Crippen LogP contribution in [-0.4, -0.2) is 54.7 Å². The van der Waals surface area contributed by atoms with Crippen LogP contribution in [0.1, 0.15) is 18.1 Å². The van der Waals surface area contributed by atoms with Crippen molar-refractivity contribution in [1.82, 2.24) is 9.80 Å². The molecule has 5 heteroatoms. The molecule has 0 amide bonds. The topological polar surface area (TPSA) is 26.7 Å². The number of hydrogen-bond donors (Lipinski definition) is 1. The molecule has 1 fully saturated rings. The quantitative estimate of drug-likeness (QED) is 0.920. The van der Waals surface area contributed by atoms with Crippen molar-refractivity contribution >= 4 is 15.9 Å². The fraction of sp³-hybridized carbons (Fsp3) is 0.571. The number of piperazine rings is 1. The molecule has 19 heavy (non-hydrogen) atoms. The average Bonchev–Trinajstić information content (AvgIpc) is 2.36. The normalized spacial score (nSPS) is 23.5. The van der Waals surface area contributed by atoms with E-state index in [0.717, 1.165) is 24.1 Å². The van der Waals surface area contributed by atoms with Gasteiger partial charge in [-0.3, -0.25) is 0 Å². The fourth-order valence-corrected chi connectivity index (χ4v) is 2.89. The minimum Gasteiger partial charge on any atom is -0.388 e. The number of likely N-dealkylation sites (N-methyl/N-ethyl adjacent to an activating group) is 2. The number of hydrogen-bond acceptors (Lipinski definition) is 3. The maximum atomic E-state index is 13.7. The fourth-order valence-electron chi connectivity index (χ4n) is 2.51. The van der Waals surface area contributed by atoms with Crippen molar-refractivity contribution in [3.8, 4) is 0 Å². The number of nitrogens with zero attached hydrogens (tertiary/aromatic N) is 2. The maximum absolute atomic E-state index is 13.7. The number of halogens is 2. The second-order valence-electron chi connectivity index (χ2n) is 5.31. The molecule has 1 saturated heterocycles. The predicted molar refractivity (Wildman–Crippen MR) is 77.6 cm³/mol. The SMILES string of the molecule is CN1CCN(C)C(CC(O)c2cc(Br)ccc2F)C1. The second kappa shape index (κ2) is 6.31. The molecule has 2 rings (SSSR count). The van der Waals surface area contributed by atoms with Gasteiger partial charge in [0.25, 0.3) is 0 Å². The van der Waals surface area contributed by atoms with Gasteiger partial charge in [0, 0.05) is 35.7 Å². The van der Waals surface area contributed by atoms with Crippen LogP contribution in [0, 0.1) is 5.82 Å². The standard InChI is InChI=1S/C14H20BrFN2O/c1-17-5-6-18(2)11(9-17)8-14(19)12-7-10(15)3-4-13(12)16/h3-4,7,11,14,19H,5-6,8-9H2,1-2H3. The van der Waals surface area contributed by atoms with Gasteiger partial charge in [0.2, 0.25) is 0 Å². The summed E-state index contributed by atoms with van der Waals surface area (Å²) in [6.45, 7) is 2.92. The van der Waals surface area contributed by atoms with Gasteiger partial charge in [-0.25, -0.2) is 4.39 Å². The van der Waals surface area contributed by atoms with Gasteiger partial charge in [-0.1, -0.05) is 15.9 Å². The van der Waals surface area contributed by atoms with Crippen LogP contribution in [0.4, 0.5) is 4.39 Å². The summed E-state index contributed by atoms with van der Waals surface area (Å²) >= 11 is 3.31. The lowest BCUT2D eigenvalue weighted by Crippen LogP contribution is -2.50. The molecular weight excluding hydrogens is 311 g/mol. The van der Waals surface area contributed by atoms with Crippen LogP contribution in [0.5, 0.6) is 0 Å². The van der Waals surface area contributed by atoms with Crippen LogP contribution in [0.15, 0.2) is 22.7 Å². The molecule has 1 aromatic rings. The summed E-state index contributed by atoms with van der Waals surface area (Å²) in [5, 5.41) is 10.3. The molecule has 3 nitrogen and oxygen atoms in total. The molecule has 0 spiro atoms. The number of rotatable bonds is 3. The zero-order valence-corrected chi connectivity index (χ0v) is 12.9. The summed E-state index contributed by atoms with van der Waals surface area (Å²) in [5.41, 5.74) is 0.371. The predicted octanol–water partition coefficient (Wildman–Crippen LogP) is 2.26. The van der Waals surface area contributed by atoms with E-state index in [-0.39, 0.29) is 11.9 Å². The first-order chi connectivity index (χ1) is 8.97. The lowest BCUT2D eigenvalue weighted by atomic mass is 9.99. The maximum Gasteiger partial charge on any atom is 0.129 e. The summed E-state index contributed by atoms with van der Waals surface area (Å²) in [4.78, 5) is 4.48. The Bertz CT molecular complexity index is 443. The van der Waals surface area contributed by atoms with Crippen molar-refractivity contribution in [2.45, 2.75) is 18.6 Å². The van der Waals surface area contributed by atoms with Crippen LogP contribution in [0.3, 0.4) is 0 Å². The highest BCUT2D eigenvalue weighted by Gasteiger charge is 2.26. The molecule has 2 unspecified atom stereocenters. The van der Waals surface area contributed by atoms with E-state index >= 15 is 0 Å². The first-order valence-electron chi connectivity index (χ1n) is 6.49. The zero-order valence-electron chi connectivity index (χ0n) is 11.3. The Morgan fingerprint density at radius 3 is 2.89 bits per heavy atom. The van der Waals surface area contributed by atoms with E-state index < -0.39 is 6.10 Å². The Kier molecular flexibility index (Phi) is 4.95. The molecule has 1 heterocycles. The molecule has 0 aliphatic carbocycles. The molecular formula is C14H20BrFN2O. The first kappa shape index (κ1) is 14.9. The van der Waals surface area contributed by atoms with Crippen molar-refractivity contribution < 1.29 is 9.50 Å². The smallest absolute Gasteiger partial charge is 0.129 e. The van der Waals surface area contributed by atoms with Crippen LogP contribution in [-0.2, 0) is 0 Å². The van der Waals surface area contributed by atoms with Crippen LogP contribution in [0.2, 0.25) is 0 Å². The summed E-state index contributed by atoms with van der Waals surface area (Å²) in [6.07, 6.45) is -0.217. The van der Waals surface area contributed by atoms with Crippen molar-refractivity contribution in [3.63, 3.8) is 0 Å². The van der Waals surface area contributed by atoms with Gasteiger partial charge < -0.3 is 14.9 Å². The number of aliphatic hydroxyl groups is 1. The molecule has 0 radical (unpaired) electrons. The first-order valence-corrected chi connectivity index (χ1v) is 7.28. The van der Waals surface area contributed by atoms with Gasteiger partial charge >= 0.3 is 0 Å². The van der Waals surface area contributed by atoms with Crippen LogP contribution >= 0.6 is 15.9 Å². The Hall–Kier alpha value is -0.490. The minimum atomic E-state index is -0.767. The zero-order chi connectivity index (χ0) is 14.0. The van der Waals surface area contributed by atoms with Gasteiger partial charge in [0.05, 0.1) is 6.10 Å². The Morgan fingerprint density at radius 1 is 1.42 bits per heavy atom. The number of aliphatic hydroxyl groups excluding tert-OH is 1. The van der Waals surface area contributed by atoms with Crippen LogP contribution < -0.4 is 0 Å². The summed E-state index contributed by atoms with van der Waals surface area (Å²) in [5.74, 6) is -0.345. The highest BCUT2D eigenvalue weighted by atomic mass is 79.9. The highest BCUT2D eigenvalue weighted by Crippen LogP contribution is 2.26. The summed E-state index contributed by atoms with van der Waals surface area (Å²) < 4.78 is 14.5. The molecule has 1 aromatic carbocycles. The molecule has 0 bridgehead atoms. The van der Waals surface area contributed by atoms with Gasteiger partial charge in [0.15, 0.2) is 0 Å². The molecule has 0 saturated carbocycles. The lowest BCUT2D eigenvalue weighted by molar-refractivity contribution is 0.0621. The van der Waals surface area contributed by atoms with E-state index in [1.807, 2.05) is 0 Å². The molecule has 1 aliphatic heterocycles. The molecule has 0 aromatic heterocycles. The minimum absolute atomic E-state index is 0.257. The van der Waals surface area contributed by atoms with E-state index in [9.17, 15) is 9.50 Å². The third-order valence-electron chi connectivity index (χ3n) is 3.79.